The molecular weight excluding hydrogens is 260 g/mol. The summed E-state index contributed by atoms with van der Waals surface area (Å²) >= 11 is 4.87. The van der Waals surface area contributed by atoms with Gasteiger partial charge in [-0.3, -0.25) is 9.89 Å². The molecule has 4 N–H and O–H groups in total. The summed E-state index contributed by atoms with van der Waals surface area (Å²) in [6.45, 7) is 2.06. The van der Waals surface area contributed by atoms with Crippen LogP contribution in [-0.4, -0.2) is 21.1 Å². The lowest BCUT2D eigenvalue weighted by molar-refractivity contribution is 0.102. The fraction of sp³-hybridized carbons (Fsp3) is 0.154. The highest BCUT2D eigenvalue weighted by Gasteiger charge is 2.12. The molecule has 0 saturated heterocycles. The number of carbonyl (C=O) groups is 1. The molecule has 0 spiro atoms. The predicted molar refractivity (Wildman–Crippen MR) is 78.2 cm³/mol. The van der Waals surface area contributed by atoms with E-state index < -0.39 is 0 Å². The van der Waals surface area contributed by atoms with Crippen LogP contribution in [0.2, 0.25) is 0 Å². The highest BCUT2D eigenvalue weighted by Crippen LogP contribution is 2.13. The van der Waals surface area contributed by atoms with Gasteiger partial charge in [0.05, 0.1) is 11.8 Å². The Morgan fingerprint density at radius 3 is 2.68 bits per heavy atom. The summed E-state index contributed by atoms with van der Waals surface area (Å²) in [6.07, 6.45) is 2.42. The zero-order valence-corrected chi connectivity index (χ0v) is 11.3. The smallest absolute Gasteiger partial charge is 0.256 e. The van der Waals surface area contributed by atoms with Crippen molar-refractivity contribution in [2.24, 2.45) is 5.73 Å². The van der Waals surface area contributed by atoms with E-state index in [1.807, 2.05) is 12.1 Å². The van der Waals surface area contributed by atoms with E-state index >= 15 is 0 Å². The molecule has 0 unspecified atom stereocenters. The van der Waals surface area contributed by atoms with E-state index in [2.05, 4.69) is 22.4 Å². The number of aromatic nitrogens is 2. The van der Waals surface area contributed by atoms with Crippen LogP contribution in [0.4, 0.5) is 5.82 Å². The normalized spacial score (nSPS) is 10.2. The van der Waals surface area contributed by atoms with Gasteiger partial charge < -0.3 is 11.1 Å². The molecule has 1 heterocycles. The van der Waals surface area contributed by atoms with Crippen LogP contribution in [0.15, 0.2) is 30.5 Å². The summed E-state index contributed by atoms with van der Waals surface area (Å²) in [7, 11) is 0. The van der Waals surface area contributed by atoms with Gasteiger partial charge in [0.2, 0.25) is 0 Å². The minimum atomic E-state index is -0.232. The predicted octanol–water partition coefficient (Wildman–Crippen LogP) is 1.86. The van der Waals surface area contributed by atoms with Crippen LogP contribution in [-0.2, 0) is 6.42 Å². The number of carbonyl (C=O) groups excluding carboxylic acids is 1. The number of aromatic amines is 1. The van der Waals surface area contributed by atoms with E-state index in [0.717, 1.165) is 6.42 Å². The molecule has 1 aromatic carbocycles. The quantitative estimate of drug-likeness (QED) is 0.743. The number of hydrogen-bond donors (Lipinski definition) is 3. The van der Waals surface area contributed by atoms with E-state index in [-0.39, 0.29) is 10.9 Å². The zero-order valence-electron chi connectivity index (χ0n) is 10.4. The minimum absolute atomic E-state index is 0.186. The lowest BCUT2D eigenvalue weighted by Gasteiger charge is -2.05. The summed E-state index contributed by atoms with van der Waals surface area (Å²) in [5.74, 6) is 0.182. The molecule has 0 fully saturated rings. The molecule has 0 atom stereocenters. The Hall–Kier alpha value is -2.21. The van der Waals surface area contributed by atoms with Crippen molar-refractivity contribution in [2.75, 3.05) is 5.32 Å². The standard InChI is InChI=1S/C13H14N4OS/c1-2-8-3-5-9(6-4-8)13(18)16-12-10(11(14)19)7-15-17-12/h3-7H,2H2,1H3,(H2,14,19)(H2,15,16,17,18). The Labute approximate surface area is 116 Å². The summed E-state index contributed by atoms with van der Waals surface area (Å²) in [5, 5.41) is 9.17. The maximum absolute atomic E-state index is 12.0. The maximum atomic E-state index is 12.0. The van der Waals surface area contributed by atoms with Crippen LogP contribution in [0.3, 0.4) is 0 Å². The molecule has 98 valence electrons. The van der Waals surface area contributed by atoms with Crippen molar-refractivity contribution in [1.29, 1.82) is 0 Å². The van der Waals surface area contributed by atoms with Gasteiger partial charge in [-0.25, -0.2) is 0 Å². The van der Waals surface area contributed by atoms with Gasteiger partial charge in [0.25, 0.3) is 5.91 Å². The van der Waals surface area contributed by atoms with Crippen molar-refractivity contribution in [1.82, 2.24) is 10.2 Å². The minimum Gasteiger partial charge on any atom is -0.389 e. The molecule has 0 radical (unpaired) electrons. The van der Waals surface area contributed by atoms with Crippen LogP contribution in [0.25, 0.3) is 0 Å². The first-order valence-electron chi connectivity index (χ1n) is 5.85. The van der Waals surface area contributed by atoms with Crippen LogP contribution >= 0.6 is 12.2 Å². The lowest BCUT2D eigenvalue weighted by Crippen LogP contribution is -2.17. The third-order valence-electron chi connectivity index (χ3n) is 2.77. The third kappa shape index (κ3) is 2.97. The van der Waals surface area contributed by atoms with Gasteiger partial charge in [0, 0.05) is 5.56 Å². The molecule has 2 rings (SSSR count). The monoisotopic (exact) mass is 274 g/mol. The summed E-state index contributed by atoms with van der Waals surface area (Å²) in [4.78, 5) is 12.2. The number of H-pyrrole nitrogens is 1. The van der Waals surface area contributed by atoms with Gasteiger partial charge >= 0.3 is 0 Å². The molecule has 5 nitrogen and oxygen atoms in total. The SMILES string of the molecule is CCc1ccc(C(=O)Nc2[nH]ncc2C(N)=S)cc1. The van der Waals surface area contributed by atoms with Gasteiger partial charge in [-0.2, -0.15) is 5.10 Å². The lowest BCUT2D eigenvalue weighted by atomic mass is 10.1. The molecule has 0 saturated carbocycles. The van der Waals surface area contributed by atoms with Crippen LogP contribution in [0.1, 0.15) is 28.4 Å². The molecule has 1 amide bonds. The van der Waals surface area contributed by atoms with E-state index in [9.17, 15) is 4.79 Å². The van der Waals surface area contributed by atoms with Gasteiger partial charge in [0.15, 0.2) is 0 Å². The van der Waals surface area contributed by atoms with Crippen molar-refractivity contribution in [3.8, 4) is 0 Å². The average molecular weight is 274 g/mol. The first-order chi connectivity index (χ1) is 9.11. The number of nitrogens with zero attached hydrogens (tertiary/aromatic N) is 1. The maximum Gasteiger partial charge on any atom is 0.256 e. The second-order valence-electron chi connectivity index (χ2n) is 4.03. The van der Waals surface area contributed by atoms with Crippen molar-refractivity contribution < 1.29 is 4.79 Å². The van der Waals surface area contributed by atoms with Gasteiger partial charge in [-0.05, 0) is 24.1 Å². The van der Waals surface area contributed by atoms with E-state index in [1.54, 1.807) is 12.1 Å². The van der Waals surface area contributed by atoms with Gasteiger partial charge in [-0.15, -0.1) is 0 Å². The summed E-state index contributed by atoms with van der Waals surface area (Å²) in [5.41, 5.74) is 7.81. The number of aryl methyl sites for hydroxylation is 1. The van der Waals surface area contributed by atoms with Crippen LogP contribution in [0, 0.1) is 0 Å². The number of benzene rings is 1. The van der Waals surface area contributed by atoms with E-state index in [4.69, 9.17) is 18.0 Å². The molecule has 0 aliphatic heterocycles. The third-order valence-corrected chi connectivity index (χ3v) is 2.99. The summed E-state index contributed by atoms with van der Waals surface area (Å²) in [6, 6.07) is 7.42. The number of nitrogens with two attached hydrogens (primary N) is 1. The van der Waals surface area contributed by atoms with Crippen LogP contribution < -0.4 is 11.1 Å². The summed E-state index contributed by atoms with van der Waals surface area (Å²) < 4.78 is 0. The topological polar surface area (TPSA) is 83.8 Å². The number of thiocarbonyl (C=S) groups is 1. The number of hydrogen-bond acceptors (Lipinski definition) is 3. The van der Waals surface area contributed by atoms with E-state index in [1.165, 1.54) is 11.8 Å². The number of anilines is 1. The first-order valence-corrected chi connectivity index (χ1v) is 6.26. The number of amides is 1. The zero-order chi connectivity index (χ0) is 13.8. The molecule has 0 bridgehead atoms. The molecule has 2 aromatic rings. The number of rotatable bonds is 4. The molecule has 0 aliphatic carbocycles. The molecule has 19 heavy (non-hydrogen) atoms. The Bertz CT molecular complexity index is 603. The molecule has 1 aromatic heterocycles. The molecule has 0 aliphatic rings. The van der Waals surface area contributed by atoms with Crippen molar-refractivity contribution in [3.05, 3.63) is 47.2 Å². The largest absolute Gasteiger partial charge is 0.389 e. The molecular formula is C13H14N4OS. The fourth-order valence-corrected chi connectivity index (χ4v) is 1.80. The average Bonchev–Trinajstić information content (AvgIpc) is 2.87. The van der Waals surface area contributed by atoms with E-state index in [0.29, 0.717) is 16.9 Å². The Morgan fingerprint density at radius 2 is 2.11 bits per heavy atom. The Morgan fingerprint density at radius 1 is 1.42 bits per heavy atom. The highest BCUT2D eigenvalue weighted by molar-refractivity contribution is 7.80. The van der Waals surface area contributed by atoms with Gasteiger partial charge in [-0.1, -0.05) is 31.3 Å². The van der Waals surface area contributed by atoms with Crippen molar-refractivity contribution in [2.45, 2.75) is 13.3 Å². The number of nitrogens with one attached hydrogen (secondary N) is 2. The van der Waals surface area contributed by atoms with Crippen molar-refractivity contribution >= 4 is 28.9 Å². The Kier molecular flexibility index (Phi) is 3.91. The highest BCUT2D eigenvalue weighted by atomic mass is 32.1. The van der Waals surface area contributed by atoms with Gasteiger partial charge in [0.1, 0.15) is 10.8 Å². The Balaban J connectivity index is 2.16. The first kappa shape index (κ1) is 13.2. The second-order valence-corrected chi connectivity index (χ2v) is 4.47. The second kappa shape index (κ2) is 5.62. The van der Waals surface area contributed by atoms with Crippen LogP contribution in [0.5, 0.6) is 0 Å². The fourth-order valence-electron chi connectivity index (χ4n) is 1.65. The van der Waals surface area contributed by atoms with Crippen molar-refractivity contribution in [3.63, 3.8) is 0 Å². The molecule has 6 heteroatoms.